The maximum Gasteiger partial charge on any atom is 0.200 e. The average Bonchev–Trinajstić information content (AvgIpc) is 2.66. The number of halogens is 1. The number of thiophene rings is 1. The standard InChI is InChI=1S/C13H11ClN4S/c1-6-4-15-11(16-5-6)12-17-10(14)9-7(2)8(3)19-13(9)18-12/h4-5H,1-3H3. The number of rotatable bonds is 1. The van der Waals surface area contributed by atoms with Crippen LogP contribution in [0.2, 0.25) is 5.15 Å². The van der Waals surface area contributed by atoms with Crippen LogP contribution in [0.4, 0.5) is 0 Å². The van der Waals surface area contributed by atoms with E-state index in [1.807, 2.05) is 13.8 Å². The van der Waals surface area contributed by atoms with Crippen LogP contribution in [0.15, 0.2) is 12.4 Å². The largest absolute Gasteiger partial charge is 0.234 e. The Hall–Kier alpha value is -1.59. The maximum atomic E-state index is 6.26. The molecule has 3 rings (SSSR count). The molecule has 0 saturated heterocycles. The zero-order chi connectivity index (χ0) is 13.6. The monoisotopic (exact) mass is 290 g/mol. The van der Waals surface area contributed by atoms with E-state index in [4.69, 9.17) is 11.6 Å². The normalized spacial score (nSPS) is 11.2. The van der Waals surface area contributed by atoms with Crippen LogP contribution in [-0.2, 0) is 0 Å². The van der Waals surface area contributed by atoms with Crippen LogP contribution in [0.25, 0.3) is 21.9 Å². The smallest absolute Gasteiger partial charge is 0.200 e. The minimum Gasteiger partial charge on any atom is -0.234 e. The van der Waals surface area contributed by atoms with Gasteiger partial charge in [0.2, 0.25) is 5.82 Å². The summed E-state index contributed by atoms with van der Waals surface area (Å²) in [6, 6.07) is 0. The molecule has 3 aromatic heterocycles. The summed E-state index contributed by atoms with van der Waals surface area (Å²) in [6.45, 7) is 6.03. The van der Waals surface area contributed by atoms with Gasteiger partial charge in [-0.2, -0.15) is 0 Å². The van der Waals surface area contributed by atoms with Crippen molar-refractivity contribution in [1.29, 1.82) is 0 Å². The lowest BCUT2D eigenvalue weighted by Crippen LogP contribution is -1.96. The number of aromatic nitrogens is 4. The summed E-state index contributed by atoms with van der Waals surface area (Å²) in [5.74, 6) is 0.969. The molecule has 0 unspecified atom stereocenters. The van der Waals surface area contributed by atoms with E-state index < -0.39 is 0 Å². The Morgan fingerprint density at radius 2 is 1.68 bits per heavy atom. The molecule has 0 saturated carbocycles. The number of fused-ring (bicyclic) bond motifs is 1. The summed E-state index contributed by atoms with van der Waals surface area (Å²) < 4.78 is 0. The van der Waals surface area contributed by atoms with Gasteiger partial charge in [0, 0.05) is 17.3 Å². The highest BCUT2D eigenvalue weighted by molar-refractivity contribution is 7.18. The molecule has 0 radical (unpaired) electrons. The first-order chi connectivity index (χ1) is 9.06. The first kappa shape index (κ1) is 12.4. The van der Waals surface area contributed by atoms with Gasteiger partial charge in [-0.1, -0.05) is 11.6 Å². The second-order valence-electron chi connectivity index (χ2n) is 4.39. The Morgan fingerprint density at radius 3 is 2.37 bits per heavy atom. The summed E-state index contributed by atoms with van der Waals surface area (Å²) in [5.41, 5.74) is 2.14. The molecule has 0 N–H and O–H groups in total. The molecular formula is C13H11ClN4S. The number of hydrogen-bond acceptors (Lipinski definition) is 5. The highest BCUT2D eigenvalue weighted by atomic mass is 35.5. The van der Waals surface area contributed by atoms with E-state index in [-0.39, 0.29) is 0 Å². The van der Waals surface area contributed by atoms with Crippen molar-refractivity contribution in [2.24, 2.45) is 0 Å². The summed E-state index contributed by atoms with van der Waals surface area (Å²) in [4.78, 5) is 19.4. The van der Waals surface area contributed by atoms with Gasteiger partial charge in [0.1, 0.15) is 9.98 Å². The fourth-order valence-electron chi connectivity index (χ4n) is 1.81. The highest BCUT2D eigenvalue weighted by Crippen LogP contribution is 2.33. The van der Waals surface area contributed by atoms with Crippen molar-refractivity contribution in [1.82, 2.24) is 19.9 Å². The lowest BCUT2D eigenvalue weighted by molar-refractivity contribution is 1.08. The number of aryl methyl sites for hydroxylation is 3. The summed E-state index contributed by atoms with van der Waals surface area (Å²) >= 11 is 7.88. The molecular weight excluding hydrogens is 280 g/mol. The van der Waals surface area contributed by atoms with Gasteiger partial charge in [0.25, 0.3) is 0 Å². The van der Waals surface area contributed by atoms with Crippen molar-refractivity contribution in [2.45, 2.75) is 20.8 Å². The molecule has 96 valence electrons. The van der Waals surface area contributed by atoms with Gasteiger partial charge in [-0.05, 0) is 31.9 Å². The predicted octanol–water partition coefficient (Wildman–Crippen LogP) is 3.73. The fraction of sp³-hybridized carbons (Fsp3) is 0.231. The molecule has 0 aliphatic rings. The van der Waals surface area contributed by atoms with Gasteiger partial charge in [0.05, 0.1) is 5.39 Å². The molecule has 0 bridgehead atoms. The molecule has 0 aromatic carbocycles. The molecule has 0 aliphatic heterocycles. The van der Waals surface area contributed by atoms with Crippen LogP contribution in [-0.4, -0.2) is 19.9 Å². The lowest BCUT2D eigenvalue weighted by Gasteiger charge is -2.01. The van der Waals surface area contributed by atoms with Crippen LogP contribution in [0.1, 0.15) is 16.0 Å². The SMILES string of the molecule is Cc1cnc(-c2nc(Cl)c3c(C)c(C)sc3n2)nc1. The van der Waals surface area contributed by atoms with E-state index in [1.54, 1.807) is 23.7 Å². The Kier molecular flexibility index (Phi) is 2.95. The van der Waals surface area contributed by atoms with Gasteiger partial charge in [-0.3, -0.25) is 0 Å². The molecule has 0 aliphatic carbocycles. The van der Waals surface area contributed by atoms with Crippen molar-refractivity contribution in [3.8, 4) is 11.6 Å². The van der Waals surface area contributed by atoms with Gasteiger partial charge < -0.3 is 0 Å². The second kappa shape index (κ2) is 4.51. The van der Waals surface area contributed by atoms with Gasteiger partial charge in [-0.25, -0.2) is 19.9 Å². The zero-order valence-electron chi connectivity index (χ0n) is 10.7. The molecule has 4 nitrogen and oxygen atoms in total. The first-order valence-corrected chi connectivity index (χ1v) is 6.98. The Bertz CT molecular complexity index is 764. The molecule has 6 heteroatoms. The molecule has 3 aromatic rings. The minimum atomic E-state index is 0.464. The number of nitrogens with zero attached hydrogens (tertiary/aromatic N) is 4. The third-order valence-electron chi connectivity index (χ3n) is 2.97. The van der Waals surface area contributed by atoms with E-state index in [0.717, 1.165) is 21.3 Å². The predicted molar refractivity (Wildman–Crippen MR) is 77.7 cm³/mol. The average molecular weight is 291 g/mol. The van der Waals surface area contributed by atoms with Gasteiger partial charge in [-0.15, -0.1) is 11.3 Å². The number of hydrogen-bond donors (Lipinski definition) is 0. The third kappa shape index (κ3) is 2.09. The molecule has 0 atom stereocenters. The van der Waals surface area contributed by atoms with E-state index in [2.05, 4.69) is 26.9 Å². The second-order valence-corrected chi connectivity index (χ2v) is 5.95. The molecule has 19 heavy (non-hydrogen) atoms. The molecule has 3 heterocycles. The molecule has 0 fully saturated rings. The van der Waals surface area contributed by atoms with Crippen molar-refractivity contribution in [2.75, 3.05) is 0 Å². The van der Waals surface area contributed by atoms with Crippen molar-refractivity contribution >= 4 is 33.2 Å². The first-order valence-electron chi connectivity index (χ1n) is 5.78. The van der Waals surface area contributed by atoms with Crippen LogP contribution in [0.3, 0.4) is 0 Å². The lowest BCUT2D eigenvalue weighted by atomic mass is 10.2. The van der Waals surface area contributed by atoms with Gasteiger partial charge in [0.15, 0.2) is 5.82 Å². The van der Waals surface area contributed by atoms with Crippen molar-refractivity contribution in [3.05, 3.63) is 33.6 Å². The third-order valence-corrected chi connectivity index (χ3v) is 4.34. The Balaban J connectivity index is 2.23. The van der Waals surface area contributed by atoms with Crippen LogP contribution in [0, 0.1) is 20.8 Å². The van der Waals surface area contributed by atoms with E-state index in [9.17, 15) is 0 Å². The Morgan fingerprint density at radius 1 is 1.00 bits per heavy atom. The highest BCUT2D eigenvalue weighted by Gasteiger charge is 2.15. The minimum absolute atomic E-state index is 0.464. The van der Waals surface area contributed by atoms with Crippen LogP contribution in [0.5, 0.6) is 0 Å². The van der Waals surface area contributed by atoms with Crippen LogP contribution >= 0.6 is 22.9 Å². The van der Waals surface area contributed by atoms with Crippen molar-refractivity contribution in [3.63, 3.8) is 0 Å². The Labute approximate surface area is 119 Å². The van der Waals surface area contributed by atoms with Crippen molar-refractivity contribution < 1.29 is 0 Å². The summed E-state index contributed by atoms with van der Waals surface area (Å²) in [5, 5.41) is 1.39. The zero-order valence-corrected chi connectivity index (χ0v) is 12.3. The van der Waals surface area contributed by atoms with Gasteiger partial charge >= 0.3 is 0 Å². The topological polar surface area (TPSA) is 51.6 Å². The van der Waals surface area contributed by atoms with E-state index in [0.29, 0.717) is 16.8 Å². The molecule has 0 amide bonds. The van der Waals surface area contributed by atoms with E-state index in [1.165, 1.54) is 4.88 Å². The summed E-state index contributed by atoms with van der Waals surface area (Å²) in [6.07, 6.45) is 3.49. The molecule has 0 spiro atoms. The summed E-state index contributed by atoms with van der Waals surface area (Å²) in [7, 11) is 0. The fourth-order valence-corrected chi connectivity index (χ4v) is 3.21. The van der Waals surface area contributed by atoms with Crippen LogP contribution < -0.4 is 0 Å². The van der Waals surface area contributed by atoms with E-state index >= 15 is 0 Å². The quantitative estimate of drug-likeness (QED) is 0.641. The maximum absolute atomic E-state index is 6.26.